The summed E-state index contributed by atoms with van der Waals surface area (Å²) in [6, 6.07) is 11.2. The summed E-state index contributed by atoms with van der Waals surface area (Å²) in [6.45, 7) is 2.66. The van der Waals surface area contributed by atoms with Crippen LogP contribution in [-0.2, 0) is 22.7 Å². The van der Waals surface area contributed by atoms with Crippen molar-refractivity contribution in [2.24, 2.45) is 0 Å². The van der Waals surface area contributed by atoms with E-state index in [0.29, 0.717) is 24.7 Å². The highest BCUT2D eigenvalue weighted by molar-refractivity contribution is 7.09. The first-order chi connectivity index (χ1) is 14.0. The van der Waals surface area contributed by atoms with E-state index in [9.17, 15) is 9.59 Å². The van der Waals surface area contributed by atoms with Crippen molar-refractivity contribution in [3.8, 4) is 11.3 Å². The molecule has 1 N–H and O–H groups in total. The molecule has 148 valence electrons. The summed E-state index contributed by atoms with van der Waals surface area (Å²) in [5.74, 6) is -0.691. The van der Waals surface area contributed by atoms with Gasteiger partial charge >= 0.3 is 0 Å². The molecule has 4 rings (SSSR count). The third-order valence-electron chi connectivity index (χ3n) is 4.89. The van der Waals surface area contributed by atoms with Crippen LogP contribution in [-0.4, -0.2) is 33.2 Å². The topological polar surface area (TPSA) is 75.2 Å². The number of nitrogens with zero attached hydrogens (tertiary/aromatic N) is 3. The zero-order valence-electron chi connectivity index (χ0n) is 15.8. The molecule has 0 spiro atoms. The maximum atomic E-state index is 12.9. The third-order valence-corrected chi connectivity index (χ3v) is 5.99. The van der Waals surface area contributed by atoms with Crippen LogP contribution in [0.25, 0.3) is 11.3 Å². The zero-order valence-corrected chi connectivity index (χ0v) is 17.3. The van der Waals surface area contributed by atoms with Crippen molar-refractivity contribution in [3.05, 3.63) is 69.3 Å². The molecule has 0 saturated heterocycles. The molecule has 0 radical (unpaired) electrons. The highest BCUT2D eigenvalue weighted by Crippen LogP contribution is 2.27. The fourth-order valence-electron chi connectivity index (χ4n) is 3.35. The maximum absolute atomic E-state index is 12.9. The van der Waals surface area contributed by atoms with Crippen LogP contribution in [0.15, 0.2) is 48.0 Å². The number of benzene rings is 1. The first kappa shape index (κ1) is 19.5. The lowest BCUT2D eigenvalue weighted by Crippen LogP contribution is -2.43. The fraction of sp³-hybridized carbons (Fsp3) is 0.238. The van der Waals surface area contributed by atoms with Gasteiger partial charge in [0.2, 0.25) is 11.8 Å². The molecule has 1 atom stereocenters. The average Bonchev–Trinajstić information content (AvgIpc) is 3.20. The van der Waals surface area contributed by atoms with Gasteiger partial charge in [0.1, 0.15) is 5.01 Å². The van der Waals surface area contributed by atoms with E-state index in [1.165, 1.54) is 18.3 Å². The quantitative estimate of drug-likeness (QED) is 0.691. The van der Waals surface area contributed by atoms with E-state index in [-0.39, 0.29) is 11.8 Å². The van der Waals surface area contributed by atoms with Gasteiger partial charge in [-0.2, -0.15) is 0 Å². The molecule has 3 heterocycles. The Morgan fingerprint density at radius 3 is 2.83 bits per heavy atom. The third kappa shape index (κ3) is 4.31. The first-order valence-corrected chi connectivity index (χ1v) is 10.4. The van der Waals surface area contributed by atoms with Gasteiger partial charge in [-0.05, 0) is 23.8 Å². The van der Waals surface area contributed by atoms with Gasteiger partial charge in [-0.1, -0.05) is 29.8 Å². The number of rotatable bonds is 4. The molecular formula is C21H19ClN4O2S. The molecule has 0 saturated carbocycles. The second-order valence-corrected chi connectivity index (χ2v) is 8.23. The van der Waals surface area contributed by atoms with Crippen molar-refractivity contribution in [3.63, 3.8) is 0 Å². The van der Waals surface area contributed by atoms with E-state index in [1.807, 2.05) is 41.8 Å². The summed E-state index contributed by atoms with van der Waals surface area (Å²) in [5, 5.41) is 6.40. The lowest BCUT2D eigenvalue weighted by molar-refractivity contribution is -0.131. The minimum atomic E-state index is -0.487. The van der Waals surface area contributed by atoms with Crippen molar-refractivity contribution in [2.45, 2.75) is 25.9 Å². The smallest absolute Gasteiger partial charge is 0.231 e. The van der Waals surface area contributed by atoms with Gasteiger partial charge in [-0.15, -0.1) is 11.3 Å². The number of carbonyl (C=O) groups excluding carboxylic acids is 2. The molecular weight excluding hydrogens is 408 g/mol. The number of hydrogen-bond acceptors (Lipinski definition) is 5. The SMILES string of the molecule is CC(=O)N1Cc2cccnc2C(C(=O)NCc2nc(-c3ccc(Cl)cc3)cs2)C1. The normalized spacial score (nSPS) is 15.7. The van der Waals surface area contributed by atoms with Crippen LogP contribution in [0.1, 0.15) is 29.1 Å². The molecule has 0 bridgehead atoms. The van der Waals surface area contributed by atoms with Crippen molar-refractivity contribution in [1.82, 2.24) is 20.2 Å². The Morgan fingerprint density at radius 2 is 2.07 bits per heavy atom. The lowest BCUT2D eigenvalue weighted by Gasteiger charge is -2.32. The predicted octanol–water partition coefficient (Wildman–Crippen LogP) is 3.62. The van der Waals surface area contributed by atoms with E-state index in [0.717, 1.165) is 27.5 Å². The van der Waals surface area contributed by atoms with Crippen LogP contribution >= 0.6 is 22.9 Å². The monoisotopic (exact) mass is 426 g/mol. The van der Waals surface area contributed by atoms with E-state index in [2.05, 4.69) is 15.3 Å². The second kappa shape index (κ2) is 8.31. The van der Waals surface area contributed by atoms with Crippen LogP contribution in [0.4, 0.5) is 0 Å². The van der Waals surface area contributed by atoms with Crippen LogP contribution in [0, 0.1) is 0 Å². The molecule has 0 aliphatic carbocycles. The van der Waals surface area contributed by atoms with Gasteiger partial charge in [0.25, 0.3) is 0 Å². The largest absolute Gasteiger partial charge is 0.349 e. The highest BCUT2D eigenvalue weighted by atomic mass is 35.5. The summed E-state index contributed by atoms with van der Waals surface area (Å²) < 4.78 is 0. The Bertz CT molecular complexity index is 1050. The van der Waals surface area contributed by atoms with Gasteiger partial charge in [0.05, 0.1) is 23.9 Å². The Balaban J connectivity index is 1.46. The zero-order chi connectivity index (χ0) is 20.4. The fourth-order valence-corrected chi connectivity index (χ4v) is 4.22. The second-order valence-electron chi connectivity index (χ2n) is 6.85. The highest BCUT2D eigenvalue weighted by Gasteiger charge is 2.32. The molecule has 3 aromatic rings. The summed E-state index contributed by atoms with van der Waals surface area (Å²) in [6.07, 6.45) is 1.68. The van der Waals surface area contributed by atoms with Crippen LogP contribution in [0.3, 0.4) is 0 Å². The molecule has 1 aliphatic heterocycles. The van der Waals surface area contributed by atoms with E-state index >= 15 is 0 Å². The number of amides is 2. The Morgan fingerprint density at radius 1 is 1.28 bits per heavy atom. The Hall–Kier alpha value is -2.77. The molecule has 2 amide bonds. The molecule has 1 aliphatic rings. The van der Waals surface area contributed by atoms with E-state index in [4.69, 9.17) is 11.6 Å². The van der Waals surface area contributed by atoms with Crippen LogP contribution in [0.5, 0.6) is 0 Å². The minimum absolute atomic E-state index is 0.0511. The maximum Gasteiger partial charge on any atom is 0.231 e. The minimum Gasteiger partial charge on any atom is -0.349 e. The summed E-state index contributed by atoms with van der Waals surface area (Å²) in [4.78, 5) is 35.4. The van der Waals surface area contributed by atoms with Gasteiger partial charge < -0.3 is 10.2 Å². The number of halogens is 1. The van der Waals surface area contributed by atoms with Crippen molar-refractivity contribution in [1.29, 1.82) is 0 Å². The van der Waals surface area contributed by atoms with E-state index < -0.39 is 5.92 Å². The van der Waals surface area contributed by atoms with Gasteiger partial charge in [0.15, 0.2) is 0 Å². The molecule has 29 heavy (non-hydrogen) atoms. The number of aromatic nitrogens is 2. The lowest BCUT2D eigenvalue weighted by atomic mass is 9.94. The predicted molar refractivity (Wildman–Crippen MR) is 112 cm³/mol. The number of carbonyl (C=O) groups is 2. The number of nitrogens with one attached hydrogen (secondary N) is 1. The molecule has 0 fully saturated rings. The summed E-state index contributed by atoms with van der Waals surface area (Å²) in [5.41, 5.74) is 3.48. The van der Waals surface area contributed by atoms with Crippen LogP contribution in [0.2, 0.25) is 5.02 Å². The number of thiazole rings is 1. The standard InChI is InChI=1S/C21H19ClN4O2S/c1-13(27)26-10-15-3-2-8-23-20(15)17(11-26)21(28)24-9-19-25-18(12-29-19)14-4-6-16(22)7-5-14/h2-8,12,17H,9-11H2,1H3,(H,24,28). The molecule has 2 aromatic heterocycles. The first-order valence-electron chi connectivity index (χ1n) is 9.18. The Kier molecular flexibility index (Phi) is 5.60. The molecule has 1 aromatic carbocycles. The number of fused-ring (bicyclic) bond motifs is 1. The average molecular weight is 427 g/mol. The number of pyridine rings is 1. The van der Waals surface area contributed by atoms with Gasteiger partial charge in [0, 0.05) is 42.2 Å². The summed E-state index contributed by atoms with van der Waals surface area (Å²) in [7, 11) is 0. The van der Waals surface area contributed by atoms with Gasteiger partial charge in [-0.3, -0.25) is 14.6 Å². The molecule has 6 nitrogen and oxygen atoms in total. The van der Waals surface area contributed by atoms with Crippen LogP contribution < -0.4 is 5.32 Å². The van der Waals surface area contributed by atoms with Crippen molar-refractivity contribution < 1.29 is 9.59 Å². The van der Waals surface area contributed by atoms with Crippen molar-refractivity contribution >= 4 is 34.8 Å². The summed E-state index contributed by atoms with van der Waals surface area (Å²) >= 11 is 7.42. The van der Waals surface area contributed by atoms with Crippen molar-refractivity contribution in [2.75, 3.05) is 6.54 Å². The van der Waals surface area contributed by atoms with E-state index in [1.54, 1.807) is 11.1 Å². The number of hydrogen-bond donors (Lipinski definition) is 1. The van der Waals surface area contributed by atoms with Gasteiger partial charge in [-0.25, -0.2) is 4.98 Å². The molecule has 8 heteroatoms. The molecule has 1 unspecified atom stereocenters. The Labute approximate surface area is 177 Å².